The van der Waals surface area contributed by atoms with Crippen molar-refractivity contribution in [1.82, 2.24) is 9.88 Å². The van der Waals surface area contributed by atoms with Crippen molar-refractivity contribution < 1.29 is 0 Å². The molecule has 1 aliphatic heterocycles. The highest BCUT2D eigenvalue weighted by molar-refractivity contribution is 5.11. The molecule has 3 heteroatoms. The molecule has 3 unspecified atom stereocenters. The van der Waals surface area contributed by atoms with E-state index in [4.69, 9.17) is 5.73 Å². The SMILES string of the molecule is CC1CCN(C(c2ccccn2)C(C)N)C1. The van der Waals surface area contributed by atoms with E-state index in [1.807, 2.05) is 18.3 Å². The lowest BCUT2D eigenvalue weighted by Gasteiger charge is -2.30. The van der Waals surface area contributed by atoms with Crippen LogP contribution in [0.1, 0.15) is 32.0 Å². The van der Waals surface area contributed by atoms with Crippen LogP contribution in [0.5, 0.6) is 0 Å². The minimum atomic E-state index is 0.125. The van der Waals surface area contributed by atoms with Crippen molar-refractivity contribution in [2.75, 3.05) is 13.1 Å². The number of rotatable bonds is 3. The first-order chi connectivity index (χ1) is 7.68. The molecule has 2 rings (SSSR count). The molecule has 1 aromatic heterocycles. The summed E-state index contributed by atoms with van der Waals surface area (Å²) in [7, 11) is 0. The number of nitrogens with two attached hydrogens (primary N) is 1. The van der Waals surface area contributed by atoms with Gasteiger partial charge in [-0.2, -0.15) is 0 Å². The highest BCUT2D eigenvalue weighted by atomic mass is 15.2. The van der Waals surface area contributed by atoms with E-state index in [1.165, 1.54) is 6.42 Å². The molecule has 1 fully saturated rings. The molecule has 2 heterocycles. The third-order valence-corrected chi connectivity index (χ3v) is 3.34. The molecular formula is C13H21N3. The number of pyridine rings is 1. The van der Waals surface area contributed by atoms with Gasteiger partial charge >= 0.3 is 0 Å². The average Bonchev–Trinajstić information content (AvgIpc) is 2.66. The lowest BCUT2D eigenvalue weighted by Crippen LogP contribution is -2.38. The van der Waals surface area contributed by atoms with Crippen molar-refractivity contribution >= 4 is 0 Å². The second kappa shape index (κ2) is 4.93. The second-order valence-corrected chi connectivity index (χ2v) is 4.95. The molecule has 0 saturated carbocycles. The summed E-state index contributed by atoms with van der Waals surface area (Å²) in [5.74, 6) is 0.782. The van der Waals surface area contributed by atoms with E-state index in [0.29, 0.717) is 0 Å². The molecule has 3 atom stereocenters. The van der Waals surface area contributed by atoms with E-state index in [0.717, 1.165) is 24.7 Å². The zero-order valence-electron chi connectivity index (χ0n) is 10.1. The first-order valence-electron chi connectivity index (χ1n) is 6.09. The molecule has 88 valence electrons. The number of hydrogen-bond donors (Lipinski definition) is 1. The van der Waals surface area contributed by atoms with Crippen LogP contribution in [-0.2, 0) is 0 Å². The maximum atomic E-state index is 6.11. The van der Waals surface area contributed by atoms with Gasteiger partial charge in [0.15, 0.2) is 0 Å². The lowest BCUT2D eigenvalue weighted by atomic mass is 10.0. The van der Waals surface area contributed by atoms with Crippen molar-refractivity contribution in [3.05, 3.63) is 30.1 Å². The summed E-state index contributed by atoms with van der Waals surface area (Å²) in [5, 5.41) is 0. The van der Waals surface area contributed by atoms with E-state index >= 15 is 0 Å². The molecule has 0 spiro atoms. The van der Waals surface area contributed by atoms with Gasteiger partial charge in [0.25, 0.3) is 0 Å². The molecule has 2 N–H and O–H groups in total. The number of likely N-dealkylation sites (tertiary alicyclic amines) is 1. The fourth-order valence-electron chi connectivity index (χ4n) is 2.56. The molecule has 0 aromatic carbocycles. The summed E-state index contributed by atoms with van der Waals surface area (Å²) in [6.45, 7) is 6.66. The van der Waals surface area contributed by atoms with Crippen LogP contribution in [0.25, 0.3) is 0 Å². The van der Waals surface area contributed by atoms with Gasteiger partial charge in [-0.1, -0.05) is 13.0 Å². The zero-order valence-corrected chi connectivity index (χ0v) is 10.1. The van der Waals surface area contributed by atoms with Crippen LogP contribution in [0.2, 0.25) is 0 Å². The molecule has 16 heavy (non-hydrogen) atoms. The zero-order chi connectivity index (χ0) is 11.5. The van der Waals surface area contributed by atoms with E-state index in [1.54, 1.807) is 0 Å². The summed E-state index contributed by atoms with van der Waals surface area (Å²) in [4.78, 5) is 6.92. The Bertz CT molecular complexity index is 323. The van der Waals surface area contributed by atoms with Crippen molar-refractivity contribution in [3.8, 4) is 0 Å². The summed E-state index contributed by atoms with van der Waals surface area (Å²) < 4.78 is 0. The number of aromatic nitrogens is 1. The predicted molar refractivity (Wildman–Crippen MR) is 66.0 cm³/mol. The molecule has 0 bridgehead atoms. The van der Waals surface area contributed by atoms with E-state index in [-0.39, 0.29) is 12.1 Å². The van der Waals surface area contributed by atoms with Gasteiger partial charge in [0.1, 0.15) is 0 Å². The van der Waals surface area contributed by atoms with Gasteiger partial charge in [-0.05, 0) is 37.9 Å². The standard InChI is InChI=1S/C13H21N3/c1-10-6-8-16(9-10)13(11(2)14)12-5-3-4-7-15-12/h3-5,7,10-11,13H,6,8-9,14H2,1-2H3. The Labute approximate surface area is 97.7 Å². The fourth-order valence-corrected chi connectivity index (χ4v) is 2.56. The van der Waals surface area contributed by atoms with Crippen LogP contribution in [0.15, 0.2) is 24.4 Å². The Hall–Kier alpha value is -0.930. The summed E-state index contributed by atoms with van der Waals surface area (Å²) in [5.41, 5.74) is 7.22. The molecule has 1 aromatic rings. The maximum absolute atomic E-state index is 6.11. The van der Waals surface area contributed by atoms with Crippen LogP contribution >= 0.6 is 0 Å². The van der Waals surface area contributed by atoms with Crippen LogP contribution in [0, 0.1) is 5.92 Å². The van der Waals surface area contributed by atoms with Crippen molar-refractivity contribution in [1.29, 1.82) is 0 Å². The van der Waals surface area contributed by atoms with Crippen LogP contribution in [-0.4, -0.2) is 29.0 Å². The monoisotopic (exact) mass is 219 g/mol. The van der Waals surface area contributed by atoms with Crippen LogP contribution in [0.4, 0.5) is 0 Å². The Balaban J connectivity index is 2.18. The first-order valence-corrected chi connectivity index (χ1v) is 6.09. The van der Waals surface area contributed by atoms with Gasteiger partial charge in [0, 0.05) is 18.8 Å². The molecule has 1 saturated heterocycles. The molecular weight excluding hydrogens is 198 g/mol. The Kier molecular flexibility index (Phi) is 3.56. The van der Waals surface area contributed by atoms with Gasteiger partial charge in [0.05, 0.1) is 11.7 Å². The van der Waals surface area contributed by atoms with Crippen molar-refractivity contribution in [2.24, 2.45) is 11.7 Å². The smallest absolute Gasteiger partial charge is 0.0671 e. The van der Waals surface area contributed by atoms with Gasteiger partial charge < -0.3 is 5.73 Å². The first kappa shape index (κ1) is 11.6. The van der Waals surface area contributed by atoms with Gasteiger partial charge in [-0.3, -0.25) is 9.88 Å². The fraction of sp³-hybridized carbons (Fsp3) is 0.615. The molecule has 0 amide bonds. The highest BCUT2D eigenvalue weighted by Crippen LogP contribution is 2.28. The minimum absolute atomic E-state index is 0.125. The summed E-state index contributed by atoms with van der Waals surface area (Å²) >= 11 is 0. The van der Waals surface area contributed by atoms with E-state index < -0.39 is 0 Å². The molecule has 0 aliphatic carbocycles. The molecule has 1 aliphatic rings. The Morgan fingerprint density at radius 1 is 1.50 bits per heavy atom. The van der Waals surface area contributed by atoms with Crippen LogP contribution < -0.4 is 5.73 Å². The molecule has 3 nitrogen and oxygen atoms in total. The molecule has 0 radical (unpaired) electrons. The quantitative estimate of drug-likeness (QED) is 0.843. The van der Waals surface area contributed by atoms with Crippen LogP contribution in [0.3, 0.4) is 0 Å². The lowest BCUT2D eigenvalue weighted by molar-refractivity contribution is 0.208. The topological polar surface area (TPSA) is 42.2 Å². The minimum Gasteiger partial charge on any atom is -0.326 e. The van der Waals surface area contributed by atoms with Gasteiger partial charge in [-0.15, -0.1) is 0 Å². The van der Waals surface area contributed by atoms with Crippen molar-refractivity contribution in [3.63, 3.8) is 0 Å². The van der Waals surface area contributed by atoms with E-state index in [9.17, 15) is 0 Å². The van der Waals surface area contributed by atoms with Gasteiger partial charge in [-0.25, -0.2) is 0 Å². The Morgan fingerprint density at radius 3 is 2.81 bits per heavy atom. The van der Waals surface area contributed by atoms with E-state index in [2.05, 4.69) is 29.8 Å². The van der Waals surface area contributed by atoms with Gasteiger partial charge in [0.2, 0.25) is 0 Å². The normalized spacial score (nSPS) is 25.6. The summed E-state index contributed by atoms with van der Waals surface area (Å²) in [6.07, 6.45) is 3.13. The number of nitrogens with zero attached hydrogens (tertiary/aromatic N) is 2. The third kappa shape index (κ3) is 2.42. The largest absolute Gasteiger partial charge is 0.326 e. The number of hydrogen-bond acceptors (Lipinski definition) is 3. The summed E-state index contributed by atoms with van der Waals surface area (Å²) in [6, 6.07) is 6.47. The van der Waals surface area contributed by atoms with Crippen molar-refractivity contribution in [2.45, 2.75) is 32.4 Å². The third-order valence-electron chi connectivity index (χ3n) is 3.34. The predicted octanol–water partition coefficient (Wildman–Crippen LogP) is 1.81. The Morgan fingerprint density at radius 2 is 2.31 bits per heavy atom. The second-order valence-electron chi connectivity index (χ2n) is 4.95. The average molecular weight is 219 g/mol. The highest BCUT2D eigenvalue weighted by Gasteiger charge is 2.29. The maximum Gasteiger partial charge on any atom is 0.0671 e.